The van der Waals surface area contributed by atoms with Gasteiger partial charge in [0.15, 0.2) is 0 Å². The number of carbonyl (C=O) groups is 2. The number of likely N-dealkylation sites (tertiary alicyclic amines) is 1. The standard InChI is InChI=1S/C17H27N3O3/c1-11(2)9-20-13(4)15(12(3)18-20)8-16(21)19-7-5-6-14(10-19)17(22)23/h11,14H,5-10H2,1-4H3,(H,22,23)/t14-/m0/s1. The molecule has 1 aliphatic heterocycles. The van der Waals surface area contributed by atoms with Gasteiger partial charge in [0, 0.05) is 30.9 Å². The van der Waals surface area contributed by atoms with Crippen molar-refractivity contribution in [1.82, 2.24) is 14.7 Å². The second-order valence-corrected chi connectivity index (χ2v) is 6.92. The highest BCUT2D eigenvalue weighted by molar-refractivity contribution is 5.80. The molecule has 23 heavy (non-hydrogen) atoms. The van der Waals surface area contributed by atoms with Crippen molar-refractivity contribution in [1.29, 1.82) is 0 Å². The molecule has 1 aliphatic rings. The summed E-state index contributed by atoms with van der Waals surface area (Å²) in [6.45, 7) is 10.0. The molecule has 2 heterocycles. The van der Waals surface area contributed by atoms with Crippen LogP contribution in [-0.2, 0) is 22.6 Å². The van der Waals surface area contributed by atoms with E-state index in [0.29, 0.717) is 31.8 Å². The summed E-state index contributed by atoms with van der Waals surface area (Å²) in [4.78, 5) is 25.4. The SMILES string of the molecule is Cc1nn(CC(C)C)c(C)c1CC(=O)N1CCC[C@H](C(=O)O)C1. The van der Waals surface area contributed by atoms with Crippen LogP contribution < -0.4 is 0 Å². The Labute approximate surface area is 137 Å². The van der Waals surface area contributed by atoms with Gasteiger partial charge < -0.3 is 10.0 Å². The number of aliphatic carboxylic acids is 1. The van der Waals surface area contributed by atoms with Crippen LogP contribution in [0.5, 0.6) is 0 Å². The molecule has 2 rings (SSSR count). The van der Waals surface area contributed by atoms with Crippen molar-refractivity contribution in [3.63, 3.8) is 0 Å². The first-order valence-electron chi connectivity index (χ1n) is 8.33. The summed E-state index contributed by atoms with van der Waals surface area (Å²) in [7, 11) is 0. The van der Waals surface area contributed by atoms with Gasteiger partial charge in [0.1, 0.15) is 0 Å². The van der Waals surface area contributed by atoms with Gasteiger partial charge in [-0.1, -0.05) is 13.8 Å². The van der Waals surface area contributed by atoms with Crippen LogP contribution in [0.3, 0.4) is 0 Å². The quantitative estimate of drug-likeness (QED) is 0.900. The Hall–Kier alpha value is -1.85. The zero-order chi connectivity index (χ0) is 17.1. The van der Waals surface area contributed by atoms with Gasteiger partial charge in [0.05, 0.1) is 18.0 Å². The second-order valence-electron chi connectivity index (χ2n) is 6.92. The third-order valence-corrected chi connectivity index (χ3v) is 4.52. The highest BCUT2D eigenvalue weighted by atomic mass is 16.4. The number of amides is 1. The van der Waals surface area contributed by atoms with Gasteiger partial charge in [-0.3, -0.25) is 14.3 Å². The van der Waals surface area contributed by atoms with Crippen LogP contribution in [0.25, 0.3) is 0 Å². The molecule has 1 atom stereocenters. The monoisotopic (exact) mass is 321 g/mol. The van der Waals surface area contributed by atoms with E-state index in [1.165, 1.54) is 0 Å². The molecule has 0 aliphatic carbocycles. The van der Waals surface area contributed by atoms with Crippen molar-refractivity contribution in [2.24, 2.45) is 11.8 Å². The van der Waals surface area contributed by atoms with Crippen molar-refractivity contribution in [3.05, 3.63) is 17.0 Å². The van der Waals surface area contributed by atoms with E-state index in [-0.39, 0.29) is 5.91 Å². The zero-order valence-corrected chi connectivity index (χ0v) is 14.5. The predicted molar refractivity (Wildman–Crippen MR) is 87.2 cm³/mol. The van der Waals surface area contributed by atoms with Crippen LogP contribution in [0.1, 0.15) is 43.6 Å². The van der Waals surface area contributed by atoms with Crippen molar-refractivity contribution >= 4 is 11.9 Å². The average molecular weight is 321 g/mol. The van der Waals surface area contributed by atoms with E-state index in [2.05, 4.69) is 18.9 Å². The number of hydrogen-bond acceptors (Lipinski definition) is 3. The maximum atomic E-state index is 12.6. The Kier molecular flexibility index (Phi) is 5.44. The maximum Gasteiger partial charge on any atom is 0.308 e. The number of nitrogens with zero attached hydrogens (tertiary/aromatic N) is 3. The Morgan fingerprint density at radius 1 is 1.35 bits per heavy atom. The molecule has 6 nitrogen and oxygen atoms in total. The van der Waals surface area contributed by atoms with E-state index in [1.807, 2.05) is 18.5 Å². The normalized spacial score (nSPS) is 18.5. The summed E-state index contributed by atoms with van der Waals surface area (Å²) >= 11 is 0. The predicted octanol–water partition coefficient (Wildman–Crippen LogP) is 2.02. The van der Waals surface area contributed by atoms with Gasteiger partial charge in [-0.05, 0) is 32.6 Å². The lowest BCUT2D eigenvalue weighted by Crippen LogP contribution is -2.43. The first-order valence-corrected chi connectivity index (χ1v) is 8.33. The molecule has 128 valence electrons. The van der Waals surface area contributed by atoms with Crippen molar-refractivity contribution < 1.29 is 14.7 Å². The summed E-state index contributed by atoms with van der Waals surface area (Å²) in [5.41, 5.74) is 2.91. The molecule has 1 aromatic rings. The molecule has 0 bridgehead atoms. The minimum Gasteiger partial charge on any atom is -0.481 e. The third kappa shape index (κ3) is 4.12. The first kappa shape index (κ1) is 17.5. The van der Waals surface area contributed by atoms with E-state index in [0.717, 1.165) is 29.9 Å². The summed E-state index contributed by atoms with van der Waals surface area (Å²) in [6, 6.07) is 0. The molecule has 1 saturated heterocycles. The van der Waals surface area contributed by atoms with Crippen LogP contribution in [0.15, 0.2) is 0 Å². The number of hydrogen-bond donors (Lipinski definition) is 1. The van der Waals surface area contributed by atoms with Gasteiger partial charge in [-0.2, -0.15) is 5.10 Å². The van der Waals surface area contributed by atoms with Crippen LogP contribution in [0.4, 0.5) is 0 Å². The maximum absolute atomic E-state index is 12.6. The van der Waals surface area contributed by atoms with Gasteiger partial charge >= 0.3 is 5.97 Å². The molecular formula is C17H27N3O3. The Balaban J connectivity index is 2.08. The number of rotatable bonds is 5. The fraction of sp³-hybridized carbons (Fsp3) is 0.706. The highest BCUT2D eigenvalue weighted by Gasteiger charge is 2.29. The number of aryl methyl sites for hydroxylation is 1. The molecule has 0 radical (unpaired) electrons. The fourth-order valence-corrected chi connectivity index (χ4v) is 3.18. The molecule has 0 unspecified atom stereocenters. The van der Waals surface area contributed by atoms with Crippen LogP contribution in [0.2, 0.25) is 0 Å². The van der Waals surface area contributed by atoms with Crippen molar-refractivity contribution in [2.75, 3.05) is 13.1 Å². The van der Waals surface area contributed by atoms with Gasteiger partial charge in [-0.15, -0.1) is 0 Å². The first-order chi connectivity index (χ1) is 10.8. The molecule has 6 heteroatoms. The van der Waals surface area contributed by atoms with E-state index in [1.54, 1.807) is 4.90 Å². The molecule has 1 aromatic heterocycles. The van der Waals surface area contributed by atoms with Gasteiger partial charge in [0.25, 0.3) is 0 Å². The topological polar surface area (TPSA) is 75.4 Å². The van der Waals surface area contributed by atoms with Gasteiger partial charge in [-0.25, -0.2) is 0 Å². The highest BCUT2D eigenvalue weighted by Crippen LogP contribution is 2.20. The Morgan fingerprint density at radius 2 is 2.04 bits per heavy atom. The molecule has 1 N–H and O–H groups in total. The van der Waals surface area contributed by atoms with E-state index < -0.39 is 11.9 Å². The van der Waals surface area contributed by atoms with Crippen LogP contribution in [0, 0.1) is 25.7 Å². The molecule has 0 spiro atoms. The van der Waals surface area contributed by atoms with E-state index >= 15 is 0 Å². The smallest absolute Gasteiger partial charge is 0.308 e. The average Bonchev–Trinajstić information content (AvgIpc) is 2.74. The number of aromatic nitrogens is 2. The van der Waals surface area contributed by atoms with Crippen molar-refractivity contribution in [3.8, 4) is 0 Å². The second kappa shape index (κ2) is 7.15. The molecular weight excluding hydrogens is 294 g/mol. The molecule has 0 saturated carbocycles. The largest absolute Gasteiger partial charge is 0.481 e. The summed E-state index contributed by atoms with van der Waals surface area (Å²) in [6.07, 6.45) is 1.72. The lowest BCUT2D eigenvalue weighted by molar-refractivity contribution is -0.145. The summed E-state index contributed by atoms with van der Waals surface area (Å²) in [5, 5.41) is 13.7. The zero-order valence-electron chi connectivity index (χ0n) is 14.5. The van der Waals surface area contributed by atoms with Crippen LogP contribution >= 0.6 is 0 Å². The Morgan fingerprint density at radius 3 is 2.65 bits per heavy atom. The molecule has 1 amide bonds. The third-order valence-electron chi connectivity index (χ3n) is 4.52. The van der Waals surface area contributed by atoms with E-state index in [4.69, 9.17) is 5.11 Å². The molecule has 1 fully saturated rings. The van der Waals surface area contributed by atoms with Crippen molar-refractivity contribution in [2.45, 2.75) is 53.5 Å². The fourth-order valence-electron chi connectivity index (χ4n) is 3.18. The van der Waals surface area contributed by atoms with Crippen LogP contribution in [-0.4, -0.2) is 44.8 Å². The minimum atomic E-state index is -0.806. The lowest BCUT2D eigenvalue weighted by atomic mass is 9.97. The number of carbonyl (C=O) groups excluding carboxylic acids is 1. The number of piperidine rings is 1. The lowest BCUT2D eigenvalue weighted by Gasteiger charge is -2.30. The Bertz CT molecular complexity index is 592. The minimum absolute atomic E-state index is 0.00578. The summed E-state index contributed by atoms with van der Waals surface area (Å²) in [5.74, 6) is -0.737. The van der Waals surface area contributed by atoms with E-state index in [9.17, 15) is 9.59 Å². The molecule has 0 aromatic carbocycles. The number of carboxylic acid groups (broad SMARTS) is 1. The number of carboxylic acids is 1. The van der Waals surface area contributed by atoms with Gasteiger partial charge in [0.2, 0.25) is 5.91 Å². The summed E-state index contributed by atoms with van der Waals surface area (Å²) < 4.78 is 1.97.